The molecule has 0 saturated carbocycles. The van der Waals surface area contributed by atoms with Gasteiger partial charge in [0.25, 0.3) is 0 Å². The fourth-order valence-electron chi connectivity index (χ4n) is 3.17. The van der Waals surface area contributed by atoms with Gasteiger partial charge in [-0.25, -0.2) is 4.39 Å². The van der Waals surface area contributed by atoms with Crippen LogP contribution in [0.1, 0.15) is 25.0 Å². The largest absolute Gasteiger partial charge is 0.378 e. The van der Waals surface area contributed by atoms with Crippen molar-refractivity contribution in [3.05, 3.63) is 71.8 Å². The molecule has 172 valence electrons. The minimum absolute atomic E-state index is 0.282. The van der Waals surface area contributed by atoms with Crippen molar-refractivity contribution in [3.8, 4) is 0 Å². The summed E-state index contributed by atoms with van der Waals surface area (Å²) in [7, 11) is 0. The number of halogens is 1. The van der Waals surface area contributed by atoms with Gasteiger partial charge in [0.15, 0.2) is 0 Å². The van der Waals surface area contributed by atoms with Gasteiger partial charge in [-0.15, -0.1) is 0 Å². The Morgan fingerprint density at radius 3 is 1.81 bits per heavy atom. The molecule has 0 heterocycles. The van der Waals surface area contributed by atoms with Crippen molar-refractivity contribution in [1.82, 2.24) is 4.90 Å². The van der Waals surface area contributed by atoms with E-state index in [4.69, 9.17) is 19.9 Å². The number of hydrogen-bond acceptors (Lipinski definition) is 5. The van der Waals surface area contributed by atoms with E-state index in [1.54, 1.807) is 13.8 Å². The maximum absolute atomic E-state index is 15.3. The maximum atomic E-state index is 15.3. The molecule has 31 heavy (non-hydrogen) atoms. The first-order valence-corrected chi connectivity index (χ1v) is 10.9. The number of alkyl halides is 1. The molecule has 0 saturated heterocycles. The Morgan fingerprint density at radius 1 is 0.806 bits per heavy atom. The Kier molecular flexibility index (Phi) is 11.7. The summed E-state index contributed by atoms with van der Waals surface area (Å²) in [4.78, 5) is 2.13. The molecule has 0 aliphatic rings. The van der Waals surface area contributed by atoms with E-state index < -0.39 is 11.8 Å². The second-order valence-electron chi connectivity index (χ2n) is 8.07. The van der Waals surface area contributed by atoms with Crippen molar-refractivity contribution < 1.29 is 18.6 Å². The van der Waals surface area contributed by atoms with Crippen LogP contribution < -0.4 is 5.73 Å². The number of rotatable bonds is 16. The van der Waals surface area contributed by atoms with Gasteiger partial charge in [0.05, 0.1) is 38.6 Å². The van der Waals surface area contributed by atoms with E-state index >= 15 is 4.39 Å². The van der Waals surface area contributed by atoms with Crippen molar-refractivity contribution in [3.63, 3.8) is 0 Å². The van der Waals surface area contributed by atoms with E-state index in [1.807, 2.05) is 36.4 Å². The molecule has 0 aliphatic carbocycles. The molecule has 0 fully saturated rings. The second kappa shape index (κ2) is 14.3. The molecule has 0 bridgehead atoms. The fraction of sp³-hybridized carbons (Fsp3) is 0.520. The van der Waals surface area contributed by atoms with Crippen molar-refractivity contribution in [2.45, 2.75) is 38.7 Å². The standard InChI is InChI=1S/C25H37FN2O3/c1-25(2,31-18-17-30-16-15-29-14-13-27)24(26)21-28(19-22-9-5-3-6-10-22)20-23-11-7-4-8-12-23/h3-12,24H,13-21,27H2,1-2H3. The first kappa shape index (κ1) is 25.4. The topological polar surface area (TPSA) is 57.0 Å². The lowest BCUT2D eigenvalue weighted by Crippen LogP contribution is -2.44. The summed E-state index contributed by atoms with van der Waals surface area (Å²) < 4.78 is 31.9. The van der Waals surface area contributed by atoms with Crippen LogP contribution in [0.5, 0.6) is 0 Å². The second-order valence-corrected chi connectivity index (χ2v) is 8.07. The van der Waals surface area contributed by atoms with Gasteiger partial charge in [0.1, 0.15) is 6.17 Å². The number of benzene rings is 2. The van der Waals surface area contributed by atoms with E-state index in [-0.39, 0.29) is 6.54 Å². The van der Waals surface area contributed by atoms with Crippen molar-refractivity contribution in [2.75, 3.05) is 46.1 Å². The molecule has 0 radical (unpaired) electrons. The van der Waals surface area contributed by atoms with Crippen molar-refractivity contribution >= 4 is 0 Å². The first-order chi connectivity index (χ1) is 15.0. The third-order valence-electron chi connectivity index (χ3n) is 5.01. The summed E-state index contributed by atoms with van der Waals surface area (Å²) in [5, 5.41) is 0. The quantitative estimate of drug-likeness (QED) is 0.409. The van der Waals surface area contributed by atoms with Crippen LogP contribution in [0.25, 0.3) is 0 Å². The lowest BCUT2D eigenvalue weighted by atomic mass is 10.0. The van der Waals surface area contributed by atoms with Crippen molar-refractivity contribution in [2.24, 2.45) is 5.73 Å². The summed E-state index contributed by atoms with van der Waals surface area (Å²) in [6, 6.07) is 20.3. The molecular formula is C25H37FN2O3. The van der Waals surface area contributed by atoms with E-state index in [9.17, 15) is 0 Å². The SMILES string of the molecule is CC(C)(OCCOCCOCCN)C(F)CN(Cc1ccccc1)Cc1ccccc1. The van der Waals surface area contributed by atoms with Gasteiger partial charge >= 0.3 is 0 Å². The maximum Gasteiger partial charge on any atom is 0.141 e. The third-order valence-corrected chi connectivity index (χ3v) is 5.01. The third kappa shape index (κ3) is 10.4. The molecule has 2 aromatic rings. The van der Waals surface area contributed by atoms with Crippen LogP contribution in [0, 0.1) is 0 Å². The van der Waals surface area contributed by atoms with Crippen LogP contribution in [0.2, 0.25) is 0 Å². The van der Waals surface area contributed by atoms with E-state index in [0.717, 1.165) is 11.1 Å². The predicted molar refractivity (Wildman–Crippen MR) is 123 cm³/mol. The smallest absolute Gasteiger partial charge is 0.141 e. The molecule has 0 aliphatic heterocycles. The molecule has 5 nitrogen and oxygen atoms in total. The Hall–Kier alpha value is -1.83. The normalized spacial score (nSPS) is 12.9. The molecule has 6 heteroatoms. The molecule has 1 atom stereocenters. The minimum atomic E-state index is -1.15. The highest BCUT2D eigenvalue weighted by Crippen LogP contribution is 2.21. The van der Waals surface area contributed by atoms with Gasteiger partial charge in [-0.3, -0.25) is 4.90 Å². The summed E-state index contributed by atoms with van der Waals surface area (Å²) in [6.07, 6.45) is -1.15. The van der Waals surface area contributed by atoms with E-state index in [0.29, 0.717) is 52.7 Å². The molecule has 2 rings (SSSR count). The Morgan fingerprint density at radius 2 is 1.29 bits per heavy atom. The number of hydrogen-bond donors (Lipinski definition) is 1. The van der Waals surface area contributed by atoms with Crippen LogP contribution in [0.4, 0.5) is 4.39 Å². The summed E-state index contributed by atoms with van der Waals surface area (Å²) in [5.74, 6) is 0. The lowest BCUT2D eigenvalue weighted by molar-refractivity contribution is -0.0970. The number of nitrogens with two attached hydrogens (primary N) is 1. The zero-order valence-electron chi connectivity index (χ0n) is 18.8. The van der Waals surface area contributed by atoms with Gasteiger partial charge in [-0.1, -0.05) is 60.7 Å². The Balaban J connectivity index is 1.84. The molecule has 2 aromatic carbocycles. The fourth-order valence-corrected chi connectivity index (χ4v) is 3.17. The molecular weight excluding hydrogens is 395 g/mol. The molecule has 0 spiro atoms. The molecule has 0 amide bonds. The monoisotopic (exact) mass is 432 g/mol. The lowest BCUT2D eigenvalue weighted by Gasteiger charge is -2.33. The van der Waals surface area contributed by atoms with Gasteiger partial charge in [-0.2, -0.15) is 0 Å². The summed E-state index contributed by atoms with van der Waals surface area (Å²) >= 11 is 0. The van der Waals surface area contributed by atoms with Crippen LogP contribution in [0.3, 0.4) is 0 Å². The van der Waals surface area contributed by atoms with E-state index in [1.165, 1.54) is 0 Å². The number of nitrogens with zero attached hydrogens (tertiary/aromatic N) is 1. The van der Waals surface area contributed by atoms with Crippen molar-refractivity contribution in [1.29, 1.82) is 0 Å². The van der Waals surface area contributed by atoms with Gasteiger partial charge in [-0.05, 0) is 25.0 Å². The first-order valence-electron chi connectivity index (χ1n) is 10.9. The van der Waals surface area contributed by atoms with Gasteiger partial charge in [0.2, 0.25) is 0 Å². The zero-order valence-corrected chi connectivity index (χ0v) is 18.8. The average molecular weight is 433 g/mol. The molecule has 1 unspecified atom stereocenters. The average Bonchev–Trinajstić information content (AvgIpc) is 2.77. The molecule has 2 N–H and O–H groups in total. The van der Waals surface area contributed by atoms with Crippen LogP contribution in [0.15, 0.2) is 60.7 Å². The summed E-state index contributed by atoms with van der Waals surface area (Å²) in [6.45, 7) is 7.98. The van der Waals surface area contributed by atoms with E-state index in [2.05, 4.69) is 29.2 Å². The number of ether oxygens (including phenoxy) is 3. The Bertz CT molecular complexity index is 659. The zero-order chi connectivity index (χ0) is 22.4. The highest BCUT2D eigenvalue weighted by atomic mass is 19.1. The Labute approximate surface area is 186 Å². The predicted octanol–water partition coefficient (Wildman–Crippen LogP) is 3.81. The summed E-state index contributed by atoms with van der Waals surface area (Å²) in [5.41, 5.74) is 6.77. The molecule has 0 aromatic heterocycles. The van der Waals surface area contributed by atoms with Crippen LogP contribution >= 0.6 is 0 Å². The van der Waals surface area contributed by atoms with Gasteiger partial charge in [0, 0.05) is 26.2 Å². The van der Waals surface area contributed by atoms with Crippen LogP contribution in [-0.2, 0) is 27.3 Å². The van der Waals surface area contributed by atoms with Gasteiger partial charge < -0.3 is 19.9 Å². The minimum Gasteiger partial charge on any atom is -0.378 e. The van der Waals surface area contributed by atoms with Crippen LogP contribution in [-0.4, -0.2) is 62.8 Å². The highest BCUT2D eigenvalue weighted by Gasteiger charge is 2.32. The highest BCUT2D eigenvalue weighted by molar-refractivity contribution is 5.17.